The second-order valence-electron chi connectivity index (χ2n) is 4.69. The molecule has 1 unspecified atom stereocenters. The lowest BCUT2D eigenvalue weighted by Crippen LogP contribution is -2.31. The second-order valence-corrected chi connectivity index (χ2v) is 4.69. The maximum Gasteiger partial charge on any atom is 0.157 e. The van der Waals surface area contributed by atoms with Crippen molar-refractivity contribution in [2.24, 2.45) is 5.41 Å². The molecule has 76 valence electrons. The van der Waals surface area contributed by atoms with Crippen molar-refractivity contribution in [2.75, 3.05) is 0 Å². The van der Waals surface area contributed by atoms with E-state index in [9.17, 15) is 4.79 Å². The van der Waals surface area contributed by atoms with Gasteiger partial charge in [-0.15, -0.1) is 6.42 Å². The van der Waals surface area contributed by atoms with Crippen molar-refractivity contribution < 1.29 is 4.79 Å². The van der Waals surface area contributed by atoms with E-state index in [-0.39, 0.29) is 17.2 Å². The Morgan fingerprint density at radius 2 is 2.21 bits per heavy atom. The SMILES string of the molecule is C#CC(C)NC1=CC(=O)CC(C)(C)C1. The quantitative estimate of drug-likeness (QED) is 0.675. The molecule has 0 fully saturated rings. The van der Waals surface area contributed by atoms with Crippen LogP contribution in [0.2, 0.25) is 0 Å². The Morgan fingerprint density at radius 3 is 2.71 bits per heavy atom. The third kappa shape index (κ3) is 2.92. The molecule has 0 bridgehead atoms. The summed E-state index contributed by atoms with van der Waals surface area (Å²) in [6, 6.07) is -0.0112. The molecule has 2 heteroatoms. The monoisotopic (exact) mass is 191 g/mol. The molecule has 0 saturated heterocycles. The second kappa shape index (κ2) is 3.88. The Morgan fingerprint density at radius 1 is 1.57 bits per heavy atom. The molecule has 0 aliphatic heterocycles. The summed E-state index contributed by atoms with van der Waals surface area (Å²) in [5.41, 5.74) is 1.03. The molecule has 2 nitrogen and oxygen atoms in total. The Bertz CT molecular complexity index is 307. The Hall–Kier alpha value is -1.23. The van der Waals surface area contributed by atoms with Crippen molar-refractivity contribution in [3.8, 4) is 12.3 Å². The molecule has 1 rings (SSSR count). The van der Waals surface area contributed by atoms with Crippen molar-refractivity contribution in [3.63, 3.8) is 0 Å². The third-order valence-electron chi connectivity index (χ3n) is 2.31. The fourth-order valence-electron chi connectivity index (χ4n) is 1.76. The van der Waals surface area contributed by atoms with Gasteiger partial charge in [-0.25, -0.2) is 0 Å². The van der Waals surface area contributed by atoms with Gasteiger partial charge in [0.15, 0.2) is 5.78 Å². The van der Waals surface area contributed by atoms with Crippen LogP contribution < -0.4 is 5.32 Å². The Labute approximate surface area is 85.8 Å². The van der Waals surface area contributed by atoms with E-state index in [0.29, 0.717) is 6.42 Å². The minimum atomic E-state index is -0.0112. The molecule has 0 radical (unpaired) electrons. The molecular weight excluding hydrogens is 174 g/mol. The summed E-state index contributed by atoms with van der Waals surface area (Å²) in [6.07, 6.45) is 8.47. The van der Waals surface area contributed by atoms with Gasteiger partial charge in [0.05, 0.1) is 6.04 Å². The van der Waals surface area contributed by atoms with Gasteiger partial charge in [0.25, 0.3) is 0 Å². The first-order valence-electron chi connectivity index (χ1n) is 4.89. The first kappa shape index (κ1) is 10.8. The maximum absolute atomic E-state index is 11.4. The third-order valence-corrected chi connectivity index (χ3v) is 2.31. The maximum atomic E-state index is 11.4. The largest absolute Gasteiger partial charge is 0.375 e. The van der Waals surface area contributed by atoms with Crippen LogP contribution in [0.25, 0.3) is 0 Å². The normalized spacial score (nSPS) is 22.1. The lowest BCUT2D eigenvalue weighted by molar-refractivity contribution is -0.117. The van der Waals surface area contributed by atoms with E-state index in [1.807, 2.05) is 6.92 Å². The van der Waals surface area contributed by atoms with E-state index in [0.717, 1.165) is 12.1 Å². The zero-order valence-electron chi connectivity index (χ0n) is 9.05. The van der Waals surface area contributed by atoms with Gasteiger partial charge in [-0.05, 0) is 18.8 Å². The number of carbonyl (C=O) groups is 1. The van der Waals surface area contributed by atoms with Crippen LogP contribution in [0, 0.1) is 17.8 Å². The Balaban J connectivity index is 2.71. The fourth-order valence-corrected chi connectivity index (χ4v) is 1.76. The summed E-state index contributed by atoms with van der Waals surface area (Å²) in [6.45, 7) is 6.10. The molecule has 0 aromatic heterocycles. The smallest absolute Gasteiger partial charge is 0.157 e. The Kier molecular flexibility index (Phi) is 3.00. The van der Waals surface area contributed by atoms with E-state index in [1.165, 1.54) is 0 Å². The minimum Gasteiger partial charge on any atom is -0.375 e. The topological polar surface area (TPSA) is 29.1 Å². The van der Waals surface area contributed by atoms with E-state index in [2.05, 4.69) is 25.1 Å². The number of hydrogen-bond donors (Lipinski definition) is 1. The van der Waals surface area contributed by atoms with Gasteiger partial charge < -0.3 is 5.32 Å². The van der Waals surface area contributed by atoms with Crippen LogP contribution in [-0.2, 0) is 4.79 Å². The average Bonchev–Trinajstić information content (AvgIpc) is 1.99. The summed E-state index contributed by atoms with van der Waals surface area (Å²) in [5, 5.41) is 3.16. The number of nitrogens with one attached hydrogen (secondary N) is 1. The predicted octanol–water partition coefficient (Wildman–Crippen LogP) is 1.87. The standard InChI is InChI=1S/C12H17NO/c1-5-9(2)13-10-6-11(14)8-12(3,4)7-10/h1,6,9,13H,7-8H2,2-4H3. The molecular formula is C12H17NO. The summed E-state index contributed by atoms with van der Waals surface area (Å²) in [4.78, 5) is 11.4. The highest BCUT2D eigenvalue weighted by atomic mass is 16.1. The molecule has 0 aromatic rings. The van der Waals surface area contributed by atoms with Crippen LogP contribution in [-0.4, -0.2) is 11.8 Å². The number of allylic oxidation sites excluding steroid dienone is 2. The first-order chi connectivity index (χ1) is 6.43. The van der Waals surface area contributed by atoms with E-state index >= 15 is 0 Å². The van der Waals surface area contributed by atoms with Gasteiger partial charge in [-0.2, -0.15) is 0 Å². The van der Waals surface area contributed by atoms with E-state index in [1.54, 1.807) is 6.08 Å². The zero-order valence-corrected chi connectivity index (χ0v) is 9.05. The van der Waals surface area contributed by atoms with Crippen LogP contribution >= 0.6 is 0 Å². The van der Waals surface area contributed by atoms with Gasteiger partial charge in [0.1, 0.15) is 0 Å². The molecule has 0 saturated carbocycles. The molecule has 14 heavy (non-hydrogen) atoms. The van der Waals surface area contributed by atoms with Gasteiger partial charge >= 0.3 is 0 Å². The lowest BCUT2D eigenvalue weighted by atomic mass is 9.79. The lowest BCUT2D eigenvalue weighted by Gasteiger charge is -2.29. The van der Waals surface area contributed by atoms with Gasteiger partial charge in [0.2, 0.25) is 0 Å². The average molecular weight is 191 g/mol. The van der Waals surface area contributed by atoms with Crippen molar-refractivity contribution in [1.29, 1.82) is 0 Å². The van der Waals surface area contributed by atoms with Crippen LogP contribution in [0.15, 0.2) is 11.8 Å². The summed E-state index contributed by atoms with van der Waals surface area (Å²) < 4.78 is 0. The predicted molar refractivity (Wildman–Crippen MR) is 57.5 cm³/mol. The van der Waals surface area contributed by atoms with Crippen molar-refractivity contribution in [1.82, 2.24) is 5.32 Å². The molecule has 0 amide bonds. The molecule has 0 heterocycles. The summed E-state index contributed by atoms with van der Waals surface area (Å²) in [7, 11) is 0. The highest BCUT2D eigenvalue weighted by Gasteiger charge is 2.27. The molecule has 1 aliphatic carbocycles. The molecule has 1 N–H and O–H groups in total. The zero-order chi connectivity index (χ0) is 10.8. The molecule has 1 aliphatic rings. The number of hydrogen-bond acceptors (Lipinski definition) is 2. The van der Waals surface area contributed by atoms with Crippen LogP contribution in [0.5, 0.6) is 0 Å². The van der Waals surface area contributed by atoms with Crippen molar-refractivity contribution in [3.05, 3.63) is 11.8 Å². The molecule has 0 spiro atoms. The highest BCUT2D eigenvalue weighted by molar-refractivity contribution is 5.91. The summed E-state index contributed by atoms with van der Waals surface area (Å²) >= 11 is 0. The number of terminal acetylenes is 1. The van der Waals surface area contributed by atoms with Crippen LogP contribution in [0.3, 0.4) is 0 Å². The van der Waals surface area contributed by atoms with Gasteiger partial charge in [0, 0.05) is 18.2 Å². The van der Waals surface area contributed by atoms with E-state index in [4.69, 9.17) is 6.42 Å². The molecule has 1 atom stereocenters. The van der Waals surface area contributed by atoms with Crippen molar-refractivity contribution >= 4 is 5.78 Å². The number of ketones is 1. The van der Waals surface area contributed by atoms with Crippen LogP contribution in [0.4, 0.5) is 0 Å². The minimum absolute atomic E-state index is 0.0112. The van der Waals surface area contributed by atoms with Gasteiger partial charge in [-0.1, -0.05) is 19.8 Å². The van der Waals surface area contributed by atoms with E-state index < -0.39 is 0 Å². The fraction of sp³-hybridized carbons (Fsp3) is 0.583. The van der Waals surface area contributed by atoms with Crippen LogP contribution in [0.1, 0.15) is 33.6 Å². The van der Waals surface area contributed by atoms with Crippen molar-refractivity contribution in [2.45, 2.75) is 39.7 Å². The highest BCUT2D eigenvalue weighted by Crippen LogP contribution is 2.32. The van der Waals surface area contributed by atoms with Gasteiger partial charge in [-0.3, -0.25) is 4.79 Å². The number of rotatable bonds is 2. The molecule has 0 aromatic carbocycles. The summed E-state index contributed by atoms with van der Waals surface area (Å²) in [5.74, 6) is 2.78. The first-order valence-corrected chi connectivity index (χ1v) is 4.89. The number of carbonyl (C=O) groups excluding carboxylic acids is 1.